The second-order valence-electron chi connectivity index (χ2n) is 6.08. The van der Waals surface area contributed by atoms with E-state index in [4.69, 9.17) is 0 Å². The van der Waals surface area contributed by atoms with E-state index in [1.165, 1.54) is 6.07 Å². The lowest BCUT2D eigenvalue weighted by Gasteiger charge is -2.19. The first-order valence-electron chi connectivity index (χ1n) is 7.69. The molecule has 0 fully saturated rings. The van der Waals surface area contributed by atoms with Crippen LogP contribution in [0, 0.1) is 12.7 Å². The van der Waals surface area contributed by atoms with E-state index in [1.807, 2.05) is 14.0 Å². The average Bonchev–Trinajstić information content (AvgIpc) is 3.03. The van der Waals surface area contributed by atoms with Gasteiger partial charge in [-0.2, -0.15) is 5.10 Å². The fraction of sp³-hybridized carbons (Fsp3) is 0.353. The van der Waals surface area contributed by atoms with Crippen LogP contribution in [-0.2, 0) is 23.2 Å². The SMILES string of the molecule is Cc1c(CN(C)C(=O)CC2C(=O)Nc3c(F)cccc32)cnn1C. The Balaban J connectivity index is 1.72. The molecule has 1 atom stereocenters. The highest BCUT2D eigenvalue weighted by Gasteiger charge is 2.34. The maximum absolute atomic E-state index is 13.7. The van der Waals surface area contributed by atoms with Crippen LogP contribution in [0.1, 0.15) is 29.2 Å². The summed E-state index contributed by atoms with van der Waals surface area (Å²) in [6.07, 6.45) is 1.74. The van der Waals surface area contributed by atoms with Crippen LogP contribution in [-0.4, -0.2) is 33.5 Å². The molecule has 1 aromatic heterocycles. The number of anilines is 1. The minimum absolute atomic E-state index is 0.0120. The largest absolute Gasteiger partial charge is 0.341 e. The molecule has 1 N–H and O–H groups in total. The Morgan fingerprint density at radius 2 is 2.21 bits per heavy atom. The molecule has 0 saturated heterocycles. The molecule has 6 nitrogen and oxygen atoms in total. The molecule has 2 aromatic rings. The number of aryl methyl sites for hydroxylation is 1. The first kappa shape index (κ1) is 16.2. The fourth-order valence-electron chi connectivity index (χ4n) is 2.89. The van der Waals surface area contributed by atoms with Crippen LogP contribution < -0.4 is 5.32 Å². The molecule has 1 aliphatic rings. The van der Waals surface area contributed by atoms with Gasteiger partial charge in [-0.1, -0.05) is 12.1 Å². The number of carbonyl (C=O) groups excluding carboxylic acids is 2. The lowest BCUT2D eigenvalue weighted by Crippen LogP contribution is -2.29. The highest BCUT2D eigenvalue weighted by atomic mass is 19.1. The monoisotopic (exact) mass is 330 g/mol. The summed E-state index contributed by atoms with van der Waals surface area (Å²) in [5.74, 6) is -1.64. The van der Waals surface area contributed by atoms with Crippen LogP contribution >= 0.6 is 0 Å². The van der Waals surface area contributed by atoms with Gasteiger partial charge in [-0.15, -0.1) is 0 Å². The molecule has 126 valence electrons. The van der Waals surface area contributed by atoms with E-state index in [0.717, 1.165) is 11.3 Å². The summed E-state index contributed by atoms with van der Waals surface area (Å²) in [4.78, 5) is 26.1. The van der Waals surface area contributed by atoms with Gasteiger partial charge in [-0.05, 0) is 18.6 Å². The second kappa shape index (κ2) is 6.07. The molecular weight excluding hydrogens is 311 g/mol. The molecular formula is C17H19FN4O2. The Bertz CT molecular complexity index is 815. The van der Waals surface area contributed by atoms with Crippen molar-refractivity contribution in [2.75, 3.05) is 12.4 Å². The number of benzene rings is 1. The zero-order chi connectivity index (χ0) is 17.4. The van der Waals surface area contributed by atoms with Gasteiger partial charge in [0, 0.05) is 38.3 Å². The number of hydrogen-bond acceptors (Lipinski definition) is 3. The molecule has 0 bridgehead atoms. The van der Waals surface area contributed by atoms with Crippen LogP contribution in [0.4, 0.5) is 10.1 Å². The molecule has 1 unspecified atom stereocenters. The zero-order valence-electron chi connectivity index (χ0n) is 13.8. The van der Waals surface area contributed by atoms with E-state index < -0.39 is 11.7 Å². The number of amides is 2. The van der Waals surface area contributed by atoms with Crippen molar-refractivity contribution in [3.05, 3.63) is 47.0 Å². The zero-order valence-corrected chi connectivity index (χ0v) is 13.8. The van der Waals surface area contributed by atoms with Crippen molar-refractivity contribution in [3.8, 4) is 0 Å². The average molecular weight is 330 g/mol. The van der Waals surface area contributed by atoms with E-state index in [9.17, 15) is 14.0 Å². The van der Waals surface area contributed by atoms with Gasteiger partial charge >= 0.3 is 0 Å². The Hall–Kier alpha value is -2.70. The quantitative estimate of drug-likeness (QED) is 0.932. The summed E-state index contributed by atoms with van der Waals surface area (Å²) in [5, 5.41) is 6.68. The van der Waals surface area contributed by atoms with Gasteiger partial charge in [0.2, 0.25) is 11.8 Å². The number of halogens is 1. The standard InChI is InChI=1S/C17H19FN4O2/c1-10-11(8-19-22(10)3)9-21(2)15(23)7-13-12-5-4-6-14(18)16(12)20-17(13)24/h4-6,8,13H,7,9H2,1-3H3,(H,20,24). The number of nitrogens with one attached hydrogen (secondary N) is 1. The van der Waals surface area contributed by atoms with Gasteiger partial charge in [0.15, 0.2) is 0 Å². The first-order valence-corrected chi connectivity index (χ1v) is 7.69. The molecule has 2 heterocycles. The van der Waals surface area contributed by atoms with Gasteiger partial charge in [-0.3, -0.25) is 14.3 Å². The molecule has 3 rings (SSSR count). The maximum Gasteiger partial charge on any atom is 0.232 e. The van der Waals surface area contributed by atoms with Crippen LogP contribution in [0.5, 0.6) is 0 Å². The topological polar surface area (TPSA) is 67.2 Å². The van der Waals surface area contributed by atoms with Crippen molar-refractivity contribution in [2.45, 2.75) is 25.8 Å². The predicted molar refractivity (Wildman–Crippen MR) is 86.8 cm³/mol. The molecule has 1 aromatic carbocycles. The molecule has 2 amide bonds. The molecule has 7 heteroatoms. The maximum atomic E-state index is 13.7. The van der Waals surface area contributed by atoms with Crippen LogP contribution in [0.25, 0.3) is 0 Å². The van der Waals surface area contributed by atoms with Gasteiger partial charge in [0.1, 0.15) is 5.82 Å². The molecule has 1 aliphatic heterocycles. The predicted octanol–water partition coefficient (Wildman–Crippen LogP) is 1.95. The van der Waals surface area contributed by atoms with E-state index >= 15 is 0 Å². The van der Waals surface area contributed by atoms with Crippen molar-refractivity contribution in [3.63, 3.8) is 0 Å². The summed E-state index contributed by atoms with van der Waals surface area (Å²) in [6.45, 7) is 2.35. The van der Waals surface area contributed by atoms with Crippen LogP contribution in [0.3, 0.4) is 0 Å². The Kier molecular flexibility index (Phi) is 4.09. The number of rotatable bonds is 4. The minimum atomic E-state index is -0.652. The van der Waals surface area contributed by atoms with Crippen molar-refractivity contribution >= 4 is 17.5 Å². The summed E-state index contributed by atoms with van der Waals surface area (Å²) in [5.41, 5.74) is 2.67. The molecule has 24 heavy (non-hydrogen) atoms. The van der Waals surface area contributed by atoms with Crippen molar-refractivity contribution in [1.82, 2.24) is 14.7 Å². The van der Waals surface area contributed by atoms with Crippen molar-refractivity contribution in [2.24, 2.45) is 7.05 Å². The lowest BCUT2D eigenvalue weighted by molar-refractivity contribution is -0.132. The fourth-order valence-corrected chi connectivity index (χ4v) is 2.89. The smallest absolute Gasteiger partial charge is 0.232 e. The number of hydrogen-bond donors (Lipinski definition) is 1. The third kappa shape index (κ3) is 2.77. The highest BCUT2D eigenvalue weighted by Crippen LogP contribution is 2.36. The van der Waals surface area contributed by atoms with E-state index in [1.54, 1.807) is 35.0 Å². The number of nitrogens with zero attached hydrogens (tertiary/aromatic N) is 3. The Labute approximate surface area is 139 Å². The number of fused-ring (bicyclic) bond motifs is 1. The lowest BCUT2D eigenvalue weighted by atomic mass is 9.96. The summed E-state index contributed by atoms with van der Waals surface area (Å²) >= 11 is 0. The van der Waals surface area contributed by atoms with Crippen molar-refractivity contribution in [1.29, 1.82) is 0 Å². The number of aromatic nitrogens is 2. The first-order chi connectivity index (χ1) is 11.4. The normalized spacial score (nSPS) is 16.0. The summed E-state index contributed by atoms with van der Waals surface area (Å²) < 4.78 is 15.5. The molecule has 0 radical (unpaired) electrons. The summed E-state index contributed by atoms with van der Waals surface area (Å²) in [7, 11) is 3.53. The minimum Gasteiger partial charge on any atom is -0.341 e. The van der Waals surface area contributed by atoms with Gasteiger partial charge in [-0.25, -0.2) is 4.39 Å². The Morgan fingerprint density at radius 3 is 2.88 bits per heavy atom. The van der Waals surface area contributed by atoms with E-state index in [-0.39, 0.29) is 23.9 Å². The third-order valence-corrected chi connectivity index (χ3v) is 4.53. The molecule has 0 aliphatic carbocycles. The third-order valence-electron chi connectivity index (χ3n) is 4.53. The van der Waals surface area contributed by atoms with E-state index in [0.29, 0.717) is 12.1 Å². The highest BCUT2D eigenvalue weighted by molar-refractivity contribution is 6.05. The summed E-state index contributed by atoms with van der Waals surface area (Å²) in [6, 6.07) is 4.52. The Morgan fingerprint density at radius 1 is 1.46 bits per heavy atom. The van der Waals surface area contributed by atoms with Crippen LogP contribution in [0.15, 0.2) is 24.4 Å². The molecule has 0 saturated carbocycles. The van der Waals surface area contributed by atoms with Crippen molar-refractivity contribution < 1.29 is 14.0 Å². The van der Waals surface area contributed by atoms with Gasteiger partial charge < -0.3 is 10.2 Å². The van der Waals surface area contributed by atoms with E-state index in [2.05, 4.69) is 10.4 Å². The number of carbonyl (C=O) groups is 2. The van der Waals surface area contributed by atoms with Gasteiger partial charge in [0.05, 0.1) is 17.8 Å². The second-order valence-corrected chi connectivity index (χ2v) is 6.08. The number of para-hydroxylation sites is 1. The van der Waals surface area contributed by atoms with Gasteiger partial charge in [0.25, 0.3) is 0 Å². The molecule has 0 spiro atoms. The van der Waals surface area contributed by atoms with Crippen LogP contribution in [0.2, 0.25) is 0 Å².